The molecule has 7 N–H and O–H groups in total. The Morgan fingerprint density at radius 2 is 1.73 bits per heavy atom. The zero-order valence-electron chi connectivity index (χ0n) is 23.4. The number of hydrogen-bond donors (Lipinski definition) is 7. The Balaban J connectivity index is 1.28. The van der Waals surface area contributed by atoms with E-state index in [1.807, 2.05) is 6.92 Å². The molecule has 2 aliphatic heterocycles. The smallest absolute Gasteiger partial charge is 0.331 e. The number of esters is 1. The first-order valence-corrected chi connectivity index (χ1v) is 14.8. The molecule has 12 heteroatoms. The van der Waals surface area contributed by atoms with Crippen molar-refractivity contribution in [3.63, 3.8) is 0 Å². The minimum atomic E-state index is -1.72. The molecule has 4 aliphatic carbocycles. The van der Waals surface area contributed by atoms with Gasteiger partial charge in [0, 0.05) is 17.9 Å². The van der Waals surface area contributed by atoms with Gasteiger partial charge in [0.05, 0.1) is 34.9 Å². The molecule has 0 amide bonds. The van der Waals surface area contributed by atoms with Crippen LogP contribution in [-0.4, -0.2) is 108 Å². The van der Waals surface area contributed by atoms with Gasteiger partial charge in [0.1, 0.15) is 24.9 Å². The molecule has 2 heterocycles. The largest absolute Gasteiger partial charge is 0.481 e. The van der Waals surface area contributed by atoms with Crippen molar-refractivity contribution >= 4 is 11.9 Å². The highest BCUT2D eigenvalue weighted by molar-refractivity contribution is 5.85. The molecule has 6 rings (SSSR count). The average Bonchev–Trinajstić information content (AvgIpc) is 3.46. The molecule has 41 heavy (non-hydrogen) atoms. The number of carboxylic acid groups (broad SMARTS) is 1. The van der Waals surface area contributed by atoms with E-state index < -0.39 is 88.7 Å². The summed E-state index contributed by atoms with van der Waals surface area (Å²) in [6.45, 7) is 3.48. The summed E-state index contributed by atoms with van der Waals surface area (Å²) in [6, 6.07) is 0. The summed E-state index contributed by atoms with van der Waals surface area (Å²) in [4.78, 5) is 25.0. The molecule has 230 valence electrons. The van der Waals surface area contributed by atoms with Gasteiger partial charge in [-0.25, -0.2) is 4.79 Å². The monoisotopic (exact) mass is 582 g/mol. The third-order valence-electron chi connectivity index (χ3n) is 12.1. The van der Waals surface area contributed by atoms with Gasteiger partial charge in [0.25, 0.3) is 0 Å². The van der Waals surface area contributed by atoms with Crippen LogP contribution in [-0.2, 0) is 23.8 Å². The maximum absolute atomic E-state index is 13.2. The molecular weight excluding hydrogens is 540 g/mol. The zero-order valence-corrected chi connectivity index (χ0v) is 23.4. The maximum atomic E-state index is 13.2. The van der Waals surface area contributed by atoms with Crippen LogP contribution in [0.15, 0.2) is 11.6 Å². The Kier molecular flexibility index (Phi) is 6.95. The van der Waals surface area contributed by atoms with Crippen molar-refractivity contribution in [1.29, 1.82) is 0 Å². The van der Waals surface area contributed by atoms with Crippen molar-refractivity contribution in [3.8, 4) is 0 Å². The summed E-state index contributed by atoms with van der Waals surface area (Å²) >= 11 is 0. The quantitative estimate of drug-likeness (QED) is 0.167. The lowest BCUT2D eigenvalue weighted by Gasteiger charge is -2.66. The van der Waals surface area contributed by atoms with Crippen molar-refractivity contribution in [3.05, 3.63) is 11.6 Å². The molecule has 14 atom stereocenters. The standard InChI is InChI=1S/C29H42O12/c1-13-21(32)22(33)23(34)24(40-13)41-15-3-7-28(25(35)36)18-10-19(30)26(2)16(14-9-20(31)39-12-14)5-8-29(26,38)17(18)4-6-27(28,37)11-15/h9,13,15-19,21-24,30,32-34,37-38H,3-8,10-12H2,1-2H3,(H,35,36)/t13-,15+,16-,17-,18+,19-,21+,22-,23-,24-,26+,27+,28-,29+/m1/s1. The lowest BCUT2D eigenvalue weighted by molar-refractivity contribution is -0.321. The van der Waals surface area contributed by atoms with E-state index in [1.165, 1.54) is 13.0 Å². The molecule has 5 fully saturated rings. The van der Waals surface area contributed by atoms with Gasteiger partial charge >= 0.3 is 11.9 Å². The number of rotatable bonds is 4. The van der Waals surface area contributed by atoms with Gasteiger partial charge in [0.2, 0.25) is 0 Å². The molecule has 1 saturated heterocycles. The van der Waals surface area contributed by atoms with Crippen LogP contribution in [0, 0.1) is 28.6 Å². The van der Waals surface area contributed by atoms with Crippen molar-refractivity contribution in [2.75, 3.05) is 6.61 Å². The van der Waals surface area contributed by atoms with Crippen molar-refractivity contribution in [2.24, 2.45) is 28.6 Å². The van der Waals surface area contributed by atoms with Gasteiger partial charge in [-0.05, 0) is 75.2 Å². The number of cyclic esters (lactones) is 1. The maximum Gasteiger partial charge on any atom is 0.331 e. The summed E-state index contributed by atoms with van der Waals surface area (Å²) in [5.74, 6) is -3.12. The minimum absolute atomic E-state index is 0.0185. The van der Waals surface area contributed by atoms with Crippen LogP contribution in [0.2, 0.25) is 0 Å². The van der Waals surface area contributed by atoms with Crippen LogP contribution < -0.4 is 0 Å². The third-order valence-corrected chi connectivity index (χ3v) is 12.1. The molecule has 0 spiro atoms. The highest BCUT2D eigenvalue weighted by Gasteiger charge is 2.75. The predicted octanol–water partition coefficient (Wildman–Crippen LogP) is -0.393. The van der Waals surface area contributed by atoms with Crippen LogP contribution in [0.1, 0.15) is 65.2 Å². The van der Waals surface area contributed by atoms with Gasteiger partial charge < -0.3 is 50.0 Å². The molecule has 4 saturated carbocycles. The topological polar surface area (TPSA) is 203 Å². The van der Waals surface area contributed by atoms with E-state index in [-0.39, 0.29) is 44.6 Å². The van der Waals surface area contributed by atoms with Gasteiger partial charge in [-0.15, -0.1) is 0 Å². The fourth-order valence-electron chi connectivity index (χ4n) is 9.90. The summed E-state index contributed by atoms with van der Waals surface area (Å²) in [7, 11) is 0. The lowest BCUT2D eigenvalue weighted by Crippen LogP contribution is -2.73. The van der Waals surface area contributed by atoms with E-state index in [4.69, 9.17) is 14.2 Å². The van der Waals surface area contributed by atoms with Gasteiger partial charge in [-0.2, -0.15) is 0 Å². The van der Waals surface area contributed by atoms with Crippen LogP contribution in [0.5, 0.6) is 0 Å². The van der Waals surface area contributed by atoms with Gasteiger partial charge in [0.15, 0.2) is 6.29 Å². The molecule has 0 radical (unpaired) electrons. The second-order valence-corrected chi connectivity index (χ2v) is 13.6. The molecule has 0 unspecified atom stereocenters. The van der Waals surface area contributed by atoms with E-state index in [0.717, 1.165) is 5.57 Å². The first kappa shape index (κ1) is 29.4. The molecule has 6 aliphatic rings. The fraction of sp³-hybridized carbons (Fsp3) is 0.862. The SMILES string of the molecule is C[C@H]1O[C@H](O[C@H]2CC[C@]3(C(=O)O)[C@H]4C[C@@H](O)[C@]5(C)[C@@H](C6=CC(=O)OC6)CC[C@]5(O)[C@@H]4CC[C@]3(O)C2)[C@H](O)[C@H](O)[C@H]1O. The van der Waals surface area contributed by atoms with E-state index in [1.54, 1.807) is 0 Å². The van der Waals surface area contributed by atoms with E-state index in [2.05, 4.69) is 0 Å². The number of aliphatic hydroxyl groups is 6. The van der Waals surface area contributed by atoms with Gasteiger partial charge in [-0.3, -0.25) is 4.79 Å². The predicted molar refractivity (Wildman–Crippen MR) is 138 cm³/mol. The number of ether oxygens (including phenoxy) is 3. The number of fused-ring (bicyclic) bond motifs is 5. The van der Waals surface area contributed by atoms with Crippen LogP contribution in [0.4, 0.5) is 0 Å². The third kappa shape index (κ3) is 3.88. The summed E-state index contributed by atoms with van der Waals surface area (Å²) in [5, 5.41) is 77.5. The normalized spacial score (nSPS) is 54.9. The first-order chi connectivity index (χ1) is 19.2. The van der Waals surface area contributed by atoms with E-state index in [9.17, 15) is 45.3 Å². The molecule has 0 bridgehead atoms. The fourth-order valence-corrected chi connectivity index (χ4v) is 9.90. The number of hydrogen-bond acceptors (Lipinski definition) is 11. The summed E-state index contributed by atoms with van der Waals surface area (Å²) in [6.07, 6.45) is -5.17. The molecule has 0 aromatic rings. The van der Waals surface area contributed by atoms with E-state index >= 15 is 0 Å². The Labute approximate surface area is 237 Å². The molecule has 0 aromatic heterocycles. The highest BCUT2D eigenvalue weighted by Crippen LogP contribution is 2.71. The van der Waals surface area contributed by atoms with Crippen LogP contribution in [0.3, 0.4) is 0 Å². The van der Waals surface area contributed by atoms with Crippen molar-refractivity contribution in [1.82, 2.24) is 0 Å². The van der Waals surface area contributed by atoms with Crippen molar-refractivity contribution < 1.29 is 59.5 Å². The molecule has 0 aromatic carbocycles. The lowest BCUT2D eigenvalue weighted by atomic mass is 9.40. The Morgan fingerprint density at radius 1 is 1.00 bits per heavy atom. The summed E-state index contributed by atoms with van der Waals surface area (Å²) < 4.78 is 16.7. The van der Waals surface area contributed by atoms with Gasteiger partial charge in [-0.1, -0.05) is 6.92 Å². The second kappa shape index (κ2) is 9.68. The molecule has 12 nitrogen and oxygen atoms in total. The number of carbonyl (C=O) groups excluding carboxylic acids is 1. The minimum Gasteiger partial charge on any atom is -0.481 e. The highest BCUT2D eigenvalue weighted by atomic mass is 16.7. The summed E-state index contributed by atoms with van der Waals surface area (Å²) in [5.41, 5.74) is -5.05. The average molecular weight is 583 g/mol. The Morgan fingerprint density at radius 3 is 2.39 bits per heavy atom. The first-order valence-electron chi connectivity index (χ1n) is 14.8. The number of carboxylic acids is 1. The molecular formula is C29H42O12. The number of aliphatic hydroxyl groups excluding tert-OH is 4. The van der Waals surface area contributed by atoms with Crippen molar-refractivity contribution in [2.45, 2.75) is 119 Å². The number of carbonyl (C=O) groups is 2. The Hall–Kier alpha value is -1.64. The second-order valence-electron chi connectivity index (χ2n) is 13.6. The number of aliphatic carboxylic acids is 1. The Bertz CT molecular complexity index is 1130. The van der Waals surface area contributed by atoms with E-state index in [0.29, 0.717) is 19.3 Å². The van der Waals surface area contributed by atoms with Crippen LogP contribution in [0.25, 0.3) is 0 Å². The zero-order chi connectivity index (χ0) is 29.7. The van der Waals surface area contributed by atoms with Crippen LogP contribution >= 0.6 is 0 Å².